The third-order valence-electron chi connectivity index (χ3n) is 3.51. The second-order valence-electron chi connectivity index (χ2n) is 5.23. The van der Waals surface area contributed by atoms with Gasteiger partial charge in [0.15, 0.2) is 0 Å². The van der Waals surface area contributed by atoms with Gasteiger partial charge < -0.3 is 10.6 Å². The van der Waals surface area contributed by atoms with E-state index in [1.165, 1.54) is 18.6 Å². The van der Waals surface area contributed by atoms with E-state index in [0.717, 1.165) is 5.56 Å². The minimum absolute atomic E-state index is 0.0634. The van der Waals surface area contributed by atoms with Crippen molar-refractivity contribution in [2.24, 2.45) is 17.0 Å². The zero-order valence-electron chi connectivity index (χ0n) is 11.3. The van der Waals surface area contributed by atoms with Crippen molar-refractivity contribution in [3.05, 3.63) is 29.8 Å². The predicted molar refractivity (Wildman–Crippen MR) is 75.3 cm³/mol. The lowest BCUT2D eigenvalue weighted by Gasteiger charge is -2.07. The Bertz CT molecular complexity index is 583. The number of carbonyl (C=O) groups excluding carboxylic acids is 1. The number of primary sulfonamides is 1. The number of sulfonamides is 1. The van der Waals surface area contributed by atoms with Crippen LogP contribution >= 0.6 is 0 Å². The summed E-state index contributed by atoms with van der Waals surface area (Å²) in [5, 5.41) is 10.5. The first kappa shape index (κ1) is 14.8. The predicted octanol–water partition coefficient (Wildman–Crippen LogP) is 0.789. The van der Waals surface area contributed by atoms with E-state index in [0.29, 0.717) is 24.9 Å². The summed E-state index contributed by atoms with van der Waals surface area (Å²) in [7, 11) is -3.67. The summed E-state index contributed by atoms with van der Waals surface area (Å²) in [6, 6.07) is 5.90. The lowest BCUT2D eigenvalue weighted by molar-refractivity contribution is 0.240. The maximum absolute atomic E-state index is 11.5. The molecule has 7 heteroatoms. The van der Waals surface area contributed by atoms with Crippen LogP contribution in [0.4, 0.5) is 4.79 Å². The highest BCUT2D eigenvalue weighted by molar-refractivity contribution is 7.89. The second-order valence-corrected chi connectivity index (χ2v) is 6.79. The van der Waals surface area contributed by atoms with Crippen molar-refractivity contribution >= 4 is 16.1 Å². The van der Waals surface area contributed by atoms with Crippen molar-refractivity contribution in [1.29, 1.82) is 0 Å². The summed E-state index contributed by atoms with van der Waals surface area (Å²) in [6.45, 7) is 3.21. The molecule has 0 heterocycles. The van der Waals surface area contributed by atoms with Gasteiger partial charge in [-0.05, 0) is 36.0 Å². The summed E-state index contributed by atoms with van der Waals surface area (Å²) < 4.78 is 22.2. The zero-order valence-corrected chi connectivity index (χ0v) is 12.1. The van der Waals surface area contributed by atoms with Gasteiger partial charge >= 0.3 is 6.03 Å². The average Bonchev–Trinajstić information content (AvgIpc) is 3.09. The van der Waals surface area contributed by atoms with Crippen LogP contribution in [0.25, 0.3) is 0 Å². The van der Waals surface area contributed by atoms with Crippen molar-refractivity contribution in [3.8, 4) is 0 Å². The van der Waals surface area contributed by atoms with E-state index in [2.05, 4.69) is 17.6 Å². The Morgan fingerprint density at radius 2 is 1.90 bits per heavy atom. The minimum atomic E-state index is -3.67. The molecule has 2 rings (SSSR count). The fourth-order valence-corrected chi connectivity index (χ4v) is 2.46. The van der Waals surface area contributed by atoms with Gasteiger partial charge in [0.05, 0.1) is 4.90 Å². The highest BCUT2D eigenvalue weighted by Gasteiger charge is 2.32. The summed E-state index contributed by atoms with van der Waals surface area (Å²) in [5.41, 5.74) is 0.812. The highest BCUT2D eigenvalue weighted by atomic mass is 32.2. The van der Waals surface area contributed by atoms with Gasteiger partial charge in [0, 0.05) is 13.1 Å². The standard InChI is InChI=1S/C13H19N3O3S/c1-9-6-11(9)8-16-13(17)15-7-10-2-4-12(5-3-10)20(14,18)19/h2-5,9,11H,6-8H2,1H3,(H2,14,18,19)(H2,15,16,17). The molecule has 1 aliphatic carbocycles. The van der Waals surface area contributed by atoms with Crippen LogP contribution in [0.2, 0.25) is 0 Å². The van der Waals surface area contributed by atoms with E-state index < -0.39 is 10.0 Å². The van der Waals surface area contributed by atoms with Crippen LogP contribution in [0, 0.1) is 11.8 Å². The fourth-order valence-electron chi connectivity index (χ4n) is 1.95. The molecular weight excluding hydrogens is 278 g/mol. The molecule has 4 N–H and O–H groups in total. The van der Waals surface area contributed by atoms with Gasteiger partial charge in [-0.3, -0.25) is 0 Å². The molecule has 1 aromatic carbocycles. The van der Waals surface area contributed by atoms with Gasteiger partial charge in [0.2, 0.25) is 10.0 Å². The Morgan fingerprint density at radius 1 is 1.30 bits per heavy atom. The van der Waals surface area contributed by atoms with E-state index in [9.17, 15) is 13.2 Å². The van der Waals surface area contributed by atoms with Crippen molar-refractivity contribution < 1.29 is 13.2 Å². The SMILES string of the molecule is CC1CC1CNC(=O)NCc1ccc(S(N)(=O)=O)cc1. The van der Waals surface area contributed by atoms with Gasteiger partial charge in [-0.2, -0.15) is 0 Å². The highest BCUT2D eigenvalue weighted by Crippen LogP contribution is 2.36. The number of nitrogens with two attached hydrogens (primary N) is 1. The first-order valence-corrected chi connectivity index (χ1v) is 8.04. The fraction of sp³-hybridized carbons (Fsp3) is 0.462. The molecule has 0 saturated heterocycles. The van der Waals surface area contributed by atoms with Crippen molar-refractivity contribution in [1.82, 2.24) is 10.6 Å². The van der Waals surface area contributed by atoms with Crippen molar-refractivity contribution in [2.75, 3.05) is 6.54 Å². The number of amides is 2. The second kappa shape index (κ2) is 5.80. The van der Waals surface area contributed by atoms with Gasteiger partial charge in [0.25, 0.3) is 0 Å². The lowest BCUT2D eigenvalue weighted by Crippen LogP contribution is -2.36. The lowest BCUT2D eigenvalue weighted by atomic mass is 10.2. The Hall–Kier alpha value is -1.60. The summed E-state index contributed by atoms with van der Waals surface area (Å²) in [4.78, 5) is 11.6. The van der Waals surface area contributed by atoms with Crippen LogP contribution in [0.5, 0.6) is 0 Å². The molecule has 1 fully saturated rings. The molecule has 0 aliphatic heterocycles. The number of urea groups is 1. The van der Waals surface area contributed by atoms with Gasteiger partial charge in [-0.15, -0.1) is 0 Å². The normalized spacial score (nSPS) is 21.3. The number of rotatable bonds is 5. The molecular formula is C13H19N3O3S. The largest absolute Gasteiger partial charge is 0.338 e. The van der Waals surface area contributed by atoms with Gasteiger partial charge in [-0.25, -0.2) is 18.4 Å². The summed E-state index contributed by atoms with van der Waals surface area (Å²) in [6.07, 6.45) is 1.18. The Kier molecular flexibility index (Phi) is 4.29. The maximum atomic E-state index is 11.5. The third kappa shape index (κ3) is 4.21. The molecule has 2 unspecified atom stereocenters. The third-order valence-corrected chi connectivity index (χ3v) is 4.44. The van der Waals surface area contributed by atoms with Crippen LogP contribution < -0.4 is 15.8 Å². The van der Waals surface area contributed by atoms with E-state index in [4.69, 9.17) is 5.14 Å². The molecule has 0 radical (unpaired) electrons. The van der Waals surface area contributed by atoms with E-state index in [-0.39, 0.29) is 10.9 Å². The molecule has 6 nitrogen and oxygen atoms in total. The smallest absolute Gasteiger partial charge is 0.315 e. The van der Waals surface area contributed by atoms with Crippen LogP contribution in [0.1, 0.15) is 18.9 Å². The number of hydrogen-bond acceptors (Lipinski definition) is 3. The molecule has 1 saturated carbocycles. The van der Waals surface area contributed by atoms with E-state index >= 15 is 0 Å². The molecule has 0 spiro atoms. The Labute approximate surface area is 118 Å². The molecule has 2 atom stereocenters. The summed E-state index contributed by atoms with van der Waals surface area (Å²) in [5.74, 6) is 1.32. The van der Waals surface area contributed by atoms with Crippen LogP contribution in [0.3, 0.4) is 0 Å². The zero-order chi connectivity index (χ0) is 14.8. The number of nitrogens with one attached hydrogen (secondary N) is 2. The maximum Gasteiger partial charge on any atom is 0.315 e. The molecule has 1 aliphatic rings. The van der Waals surface area contributed by atoms with Crippen molar-refractivity contribution in [3.63, 3.8) is 0 Å². The monoisotopic (exact) mass is 297 g/mol. The van der Waals surface area contributed by atoms with Crippen LogP contribution in [-0.4, -0.2) is 21.0 Å². The number of hydrogen-bond donors (Lipinski definition) is 3. The number of benzene rings is 1. The van der Waals surface area contributed by atoms with Crippen LogP contribution in [0.15, 0.2) is 29.2 Å². The van der Waals surface area contributed by atoms with Crippen LogP contribution in [-0.2, 0) is 16.6 Å². The first-order valence-electron chi connectivity index (χ1n) is 6.49. The van der Waals surface area contributed by atoms with Crippen molar-refractivity contribution in [2.45, 2.75) is 24.8 Å². The first-order chi connectivity index (χ1) is 9.36. The topological polar surface area (TPSA) is 101 Å². The molecule has 1 aromatic rings. The average molecular weight is 297 g/mol. The Morgan fingerprint density at radius 3 is 2.40 bits per heavy atom. The molecule has 0 bridgehead atoms. The summed E-state index contributed by atoms with van der Waals surface area (Å²) >= 11 is 0. The van der Waals surface area contributed by atoms with E-state index in [1.807, 2.05) is 0 Å². The molecule has 0 aromatic heterocycles. The van der Waals surface area contributed by atoms with Gasteiger partial charge in [-0.1, -0.05) is 19.1 Å². The molecule has 2 amide bonds. The quantitative estimate of drug-likeness (QED) is 0.749. The minimum Gasteiger partial charge on any atom is -0.338 e. The Balaban J connectivity index is 1.77. The number of carbonyl (C=O) groups is 1. The molecule has 20 heavy (non-hydrogen) atoms. The molecule has 110 valence electrons. The van der Waals surface area contributed by atoms with Gasteiger partial charge in [0.1, 0.15) is 0 Å². The van der Waals surface area contributed by atoms with E-state index in [1.54, 1.807) is 12.1 Å².